The summed E-state index contributed by atoms with van der Waals surface area (Å²) < 4.78 is 2.29. The highest BCUT2D eigenvalue weighted by Crippen LogP contribution is 2.37. The fraction of sp³-hybridized carbons (Fsp3) is 0.321. The maximum Gasteiger partial charge on any atom is 0.144 e. The van der Waals surface area contributed by atoms with Crippen molar-refractivity contribution in [1.29, 1.82) is 0 Å². The number of imidazole rings is 1. The van der Waals surface area contributed by atoms with Crippen molar-refractivity contribution in [2.45, 2.75) is 52.9 Å². The van der Waals surface area contributed by atoms with E-state index >= 15 is 0 Å². The van der Waals surface area contributed by atoms with Gasteiger partial charge in [0.2, 0.25) is 0 Å². The van der Waals surface area contributed by atoms with Crippen molar-refractivity contribution in [3.8, 4) is 17.1 Å². The summed E-state index contributed by atoms with van der Waals surface area (Å²) in [5, 5.41) is 0. The van der Waals surface area contributed by atoms with Gasteiger partial charge in [-0.1, -0.05) is 83.2 Å². The van der Waals surface area contributed by atoms with Crippen LogP contribution in [0.25, 0.3) is 22.6 Å². The van der Waals surface area contributed by atoms with E-state index in [1.165, 1.54) is 28.0 Å². The highest BCUT2D eigenvalue weighted by atomic mass is 15.1. The molecule has 0 aliphatic heterocycles. The zero-order chi connectivity index (χ0) is 21.3. The van der Waals surface area contributed by atoms with Gasteiger partial charge in [-0.3, -0.25) is 4.57 Å². The van der Waals surface area contributed by atoms with Crippen molar-refractivity contribution in [3.63, 3.8) is 0 Å². The Balaban J connectivity index is 1.93. The topological polar surface area (TPSA) is 17.8 Å². The quantitative estimate of drug-likeness (QED) is 0.431. The lowest BCUT2D eigenvalue weighted by atomic mass is 9.86. The van der Waals surface area contributed by atoms with E-state index in [1.807, 2.05) is 6.20 Å². The largest absolute Gasteiger partial charge is 0.299 e. The zero-order valence-electron chi connectivity index (χ0n) is 18.8. The van der Waals surface area contributed by atoms with Crippen LogP contribution < -0.4 is 0 Å². The lowest BCUT2D eigenvalue weighted by Crippen LogP contribution is -2.09. The first kappa shape index (κ1) is 20.4. The first-order valence-electron chi connectivity index (χ1n) is 11.1. The molecule has 1 aromatic heterocycles. The number of rotatable bonds is 5. The van der Waals surface area contributed by atoms with Crippen LogP contribution in [0.4, 0.5) is 0 Å². The molecule has 1 unspecified atom stereocenters. The van der Waals surface area contributed by atoms with Crippen LogP contribution in [-0.2, 0) is 0 Å². The Morgan fingerprint density at radius 2 is 1.60 bits per heavy atom. The Hall–Kier alpha value is -2.87. The van der Waals surface area contributed by atoms with Gasteiger partial charge in [-0.25, -0.2) is 4.98 Å². The summed E-state index contributed by atoms with van der Waals surface area (Å²) in [6, 6.07) is 15.3. The zero-order valence-corrected chi connectivity index (χ0v) is 18.8. The third kappa shape index (κ3) is 3.92. The molecule has 2 aromatic carbocycles. The van der Waals surface area contributed by atoms with Crippen molar-refractivity contribution in [2.75, 3.05) is 0 Å². The lowest BCUT2D eigenvalue weighted by molar-refractivity contribution is 0.739. The summed E-state index contributed by atoms with van der Waals surface area (Å²) in [7, 11) is 0. The molecular formula is C28H32N2. The van der Waals surface area contributed by atoms with Crippen LogP contribution in [0.15, 0.2) is 73.1 Å². The van der Waals surface area contributed by atoms with Gasteiger partial charge in [0.25, 0.3) is 0 Å². The Kier molecular flexibility index (Phi) is 5.76. The molecule has 0 N–H and O–H groups in total. The van der Waals surface area contributed by atoms with E-state index in [4.69, 9.17) is 4.98 Å². The van der Waals surface area contributed by atoms with Gasteiger partial charge in [0.1, 0.15) is 5.82 Å². The SMILES string of the molecule is CC1C=CC(c2cc(C(C)C)c(-n3ccnc3-c3ccccc3)c(C(C)C)c2)=CC1. The van der Waals surface area contributed by atoms with Crippen LogP contribution in [0, 0.1) is 5.92 Å². The van der Waals surface area contributed by atoms with Gasteiger partial charge in [-0.15, -0.1) is 0 Å². The average molecular weight is 397 g/mol. The Morgan fingerprint density at radius 1 is 0.933 bits per heavy atom. The molecule has 4 rings (SSSR count). The summed E-state index contributed by atoms with van der Waals surface area (Å²) in [6.07, 6.45) is 12.2. The van der Waals surface area contributed by atoms with Gasteiger partial charge in [-0.05, 0) is 58.6 Å². The minimum Gasteiger partial charge on any atom is -0.299 e. The monoisotopic (exact) mass is 396 g/mol. The Morgan fingerprint density at radius 3 is 2.17 bits per heavy atom. The van der Waals surface area contributed by atoms with Crippen LogP contribution in [0.5, 0.6) is 0 Å². The molecule has 1 atom stereocenters. The fourth-order valence-electron chi connectivity index (χ4n) is 4.23. The predicted octanol–water partition coefficient (Wildman–Crippen LogP) is 7.77. The molecule has 0 amide bonds. The molecular weight excluding hydrogens is 364 g/mol. The predicted molar refractivity (Wildman–Crippen MR) is 128 cm³/mol. The molecule has 154 valence electrons. The molecule has 1 aliphatic rings. The molecule has 0 radical (unpaired) electrons. The molecule has 0 fully saturated rings. The van der Waals surface area contributed by atoms with E-state index in [9.17, 15) is 0 Å². The highest BCUT2D eigenvalue weighted by molar-refractivity contribution is 5.77. The van der Waals surface area contributed by atoms with E-state index in [0.29, 0.717) is 17.8 Å². The smallest absolute Gasteiger partial charge is 0.144 e. The average Bonchev–Trinajstić information content (AvgIpc) is 3.23. The molecule has 2 heteroatoms. The van der Waals surface area contributed by atoms with Crippen LogP contribution >= 0.6 is 0 Å². The number of nitrogens with zero attached hydrogens (tertiary/aromatic N) is 2. The van der Waals surface area contributed by atoms with Crippen LogP contribution in [0.2, 0.25) is 0 Å². The summed E-state index contributed by atoms with van der Waals surface area (Å²) in [4.78, 5) is 4.72. The minimum atomic E-state index is 0.413. The second kappa shape index (κ2) is 8.47. The second-order valence-electron chi connectivity index (χ2n) is 9.03. The van der Waals surface area contributed by atoms with Crippen LogP contribution in [-0.4, -0.2) is 9.55 Å². The van der Waals surface area contributed by atoms with Crippen molar-refractivity contribution in [1.82, 2.24) is 9.55 Å². The summed E-state index contributed by atoms with van der Waals surface area (Å²) in [6.45, 7) is 11.4. The van der Waals surface area contributed by atoms with E-state index < -0.39 is 0 Å². The van der Waals surface area contributed by atoms with Gasteiger partial charge < -0.3 is 0 Å². The fourth-order valence-corrected chi connectivity index (χ4v) is 4.23. The molecule has 30 heavy (non-hydrogen) atoms. The number of allylic oxidation sites excluding steroid dienone is 4. The van der Waals surface area contributed by atoms with Gasteiger partial charge in [0.15, 0.2) is 0 Å². The molecule has 1 heterocycles. The molecule has 3 aromatic rings. The Labute approximate surface area is 181 Å². The maximum atomic E-state index is 4.72. The van der Waals surface area contributed by atoms with E-state index in [0.717, 1.165) is 17.8 Å². The highest BCUT2D eigenvalue weighted by Gasteiger charge is 2.21. The lowest BCUT2D eigenvalue weighted by Gasteiger charge is -2.24. The van der Waals surface area contributed by atoms with Crippen molar-refractivity contribution < 1.29 is 0 Å². The summed E-state index contributed by atoms with van der Waals surface area (Å²) in [5.41, 5.74) is 7.85. The van der Waals surface area contributed by atoms with E-state index in [1.54, 1.807) is 0 Å². The number of hydrogen-bond donors (Lipinski definition) is 0. The number of aromatic nitrogens is 2. The third-order valence-corrected chi connectivity index (χ3v) is 5.97. The van der Waals surface area contributed by atoms with E-state index in [-0.39, 0.29) is 0 Å². The van der Waals surface area contributed by atoms with Crippen LogP contribution in [0.3, 0.4) is 0 Å². The van der Waals surface area contributed by atoms with Gasteiger partial charge >= 0.3 is 0 Å². The standard InChI is InChI=1S/C28H32N2/c1-19(2)25-17-24(22-13-11-21(5)12-14-22)18-26(20(3)4)27(25)30-16-15-29-28(30)23-9-7-6-8-10-23/h6-11,13-21H,12H2,1-5H3. The third-order valence-electron chi connectivity index (χ3n) is 5.97. The molecule has 2 nitrogen and oxygen atoms in total. The Bertz CT molecular complexity index is 1050. The second-order valence-corrected chi connectivity index (χ2v) is 9.03. The van der Waals surface area contributed by atoms with Crippen molar-refractivity contribution >= 4 is 5.57 Å². The maximum absolute atomic E-state index is 4.72. The number of hydrogen-bond acceptors (Lipinski definition) is 1. The first-order valence-corrected chi connectivity index (χ1v) is 11.1. The van der Waals surface area contributed by atoms with Crippen molar-refractivity contribution in [2.24, 2.45) is 5.92 Å². The van der Waals surface area contributed by atoms with E-state index in [2.05, 4.69) is 106 Å². The van der Waals surface area contributed by atoms with Crippen LogP contribution in [0.1, 0.15) is 69.6 Å². The molecule has 0 saturated carbocycles. The van der Waals surface area contributed by atoms with Gasteiger partial charge in [0.05, 0.1) is 5.69 Å². The summed E-state index contributed by atoms with van der Waals surface area (Å²) >= 11 is 0. The van der Waals surface area contributed by atoms with Gasteiger partial charge in [0, 0.05) is 18.0 Å². The summed E-state index contributed by atoms with van der Waals surface area (Å²) in [5.74, 6) is 2.45. The minimum absolute atomic E-state index is 0.413. The number of benzene rings is 2. The molecule has 1 aliphatic carbocycles. The first-order chi connectivity index (χ1) is 14.5. The van der Waals surface area contributed by atoms with Gasteiger partial charge in [-0.2, -0.15) is 0 Å². The normalized spacial score (nSPS) is 16.4. The molecule has 0 bridgehead atoms. The molecule has 0 saturated heterocycles. The van der Waals surface area contributed by atoms with Crippen molar-refractivity contribution in [3.05, 3.63) is 89.8 Å². The molecule has 0 spiro atoms.